The summed E-state index contributed by atoms with van der Waals surface area (Å²) in [4.78, 5) is 1.25. The molecule has 44 valence electrons. The number of nitrogens with two attached hydrogens (primary N) is 1. The molecule has 0 bridgehead atoms. The van der Waals surface area contributed by atoms with Gasteiger partial charge in [0.25, 0.3) is 12.1 Å². The highest BCUT2D eigenvalue weighted by Crippen LogP contribution is 1.89. The third-order valence-corrected chi connectivity index (χ3v) is 0.678. The van der Waals surface area contributed by atoms with E-state index in [1.54, 1.807) is 7.05 Å². The maximum absolute atomic E-state index is 5.14. The minimum atomic E-state index is 0.260. The van der Waals surface area contributed by atoms with Crippen LogP contribution in [0.25, 0.3) is 5.43 Å². The van der Waals surface area contributed by atoms with Gasteiger partial charge in [0.2, 0.25) is 0 Å². The summed E-state index contributed by atoms with van der Waals surface area (Å²) in [5, 5.41) is 3.38. The minimum absolute atomic E-state index is 0.260. The van der Waals surface area contributed by atoms with Gasteiger partial charge in [0.05, 0.1) is 0 Å². The first-order valence-electron chi connectivity index (χ1n) is 2.07. The van der Waals surface area contributed by atoms with Gasteiger partial charge in [-0.2, -0.15) is 0 Å². The Bertz CT molecular complexity index is 172. The van der Waals surface area contributed by atoms with Gasteiger partial charge in [0, 0.05) is 0 Å². The normalized spacial score (nSPS) is 9.12. The fraction of sp³-hybridized carbons (Fsp3) is 0.333. The molecule has 1 heterocycles. The van der Waals surface area contributed by atoms with E-state index in [0.717, 1.165) is 0 Å². The van der Waals surface area contributed by atoms with Crippen LogP contribution in [-0.4, -0.2) is 12.3 Å². The molecule has 0 amide bonds. The van der Waals surface area contributed by atoms with Crippen LogP contribution < -0.4 is 10.5 Å². The van der Waals surface area contributed by atoms with Crippen molar-refractivity contribution in [3.05, 3.63) is 11.6 Å². The number of nitrogens with zero attached hydrogens (tertiary/aromatic N) is 3. The molecule has 2 N–H and O–H groups in total. The van der Waals surface area contributed by atoms with Crippen molar-refractivity contribution in [1.82, 2.24) is 5.27 Å². The summed E-state index contributed by atoms with van der Waals surface area (Å²) in [7, 11) is 1.59. The highest BCUT2D eigenvalue weighted by molar-refractivity contribution is 5.11. The molecule has 8 heavy (non-hydrogen) atoms. The van der Waals surface area contributed by atoms with Crippen molar-refractivity contribution in [2.24, 2.45) is 0 Å². The Hall–Kier alpha value is -1.26. The van der Waals surface area contributed by atoms with Crippen LogP contribution in [0.1, 0.15) is 0 Å². The lowest BCUT2D eigenvalue weighted by atomic mass is 10.8. The zero-order valence-electron chi connectivity index (χ0n) is 4.40. The predicted molar refractivity (Wildman–Crippen MR) is 25.8 cm³/mol. The quantitative estimate of drug-likeness (QED) is 0.491. The van der Waals surface area contributed by atoms with E-state index >= 15 is 0 Å². The monoisotopic (exact) mass is 114 g/mol. The van der Waals surface area contributed by atoms with Gasteiger partial charge in [-0.05, 0) is 12.3 Å². The highest BCUT2D eigenvalue weighted by atomic mass is 16.5. The summed E-state index contributed by atoms with van der Waals surface area (Å²) in [6.45, 7) is 0. The summed E-state index contributed by atoms with van der Waals surface area (Å²) >= 11 is 0. The molecule has 0 aromatic carbocycles. The van der Waals surface area contributed by atoms with E-state index in [9.17, 15) is 0 Å². The molecule has 0 spiro atoms. The molecule has 0 saturated carbocycles. The third-order valence-electron chi connectivity index (χ3n) is 0.678. The summed E-state index contributed by atoms with van der Waals surface area (Å²) < 4.78 is 4.45. The summed E-state index contributed by atoms with van der Waals surface area (Å²) in [6.07, 6.45) is 1.47. The van der Waals surface area contributed by atoms with Gasteiger partial charge >= 0.3 is 0 Å². The zero-order valence-corrected chi connectivity index (χ0v) is 4.40. The molecule has 0 unspecified atom stereocenters. The number of hydrogen-bond donors (Lipinski definition) is 1. The summed E-state index contributed by atoms with van der Waals surface area (Å²) in [5.41, 5.74) is 8.77. The third kappa shape index (κ3) is 0.699. The van der Waals surface area contributed by atoms with Gasteiger partial charge in [-0.15, -0.1) is 0 Å². The van der Waals surface area contributed by atoms with Crippen LogP contribution in [0.4, 0.5) is 5.88 Å². The maximum atomic E-state index is 5.14. The second-order valence-corrected chi connectivity index (χ2v) is 1.22. The SMILES string of the molecule is C[N-][n+]1cc(N)on1. The smallest absolute Gasteiger partial charge is 0.265 e. The molecule has 0 aliphatic carbocycles. The van der Waals surface area contributed by atoms with Crippen molar-refractivity contribution < 1.29 is 9.31 Å². The van der Waals surface area contributed by atoms with Crippen LogP contribution in [0.3, 0.4) is 0 Å². The van der Waals surface area contributed by atoms with Gasteiger partial charge in [-0.25, -0.2) is 5.43 Å². The highest BCUT2D eigenvalue weighted by Gasteiger charge is 1.93. The van der Waals surface area contributed by atoms with E-state index in [1.807, 2.05) is 0 Å². The van der Waals surface area contributed by atoms with Crippen LogP contribution >= 0.6 is 0 Å². The first kappa shape index (κ1) is 4.89. The van der Waals surface area contributed by atoms with Gasteiger partial charge in [-0.3, -0.25) is 0 Å². The van der Waals surface area contributed by atoms with Crippen LogP contribution in [-0.2, 0) is 0 Å². The van der Waals surface area contributed by atoms with Crippen molar-refractivity contribution in [3.8, 4) is 0 Å². The van der Waals surface area contributed by atoms with Crippen molar-refractivity contribution in [2.75, 3.05) is 12.8 Å². The van der Waals surface area contributed by atoms with Crippen LogP contribution in [0.2, 0.25) is 0 Å². The Balaban J connectivity index is 2.84. The fourth-order valence-electron chi connectivity index (χ4n) is 0.344. The van der Waals surface area contributed by atoms with Gasteiger partial charge < -0.3 is 10.3 Å². The largest absolute Gasteiger partial charge is 0.382 e. The molecule has 0 fully saturated rings. The lowest BCUT2D eigenvalue weighted by Gasteiger charge is -1.83. The second kappa shape index (κ2) is 1.69. The van der Waals surface area contributed by atoms with Crippen molar-refractivity contribution in [2.45, 2.75) is 0 Å². The average molecular weight is 114 g/mol. The van der Waals surface area contributed by atoms with E-state index in [2.05, 4.69) is 15.2 Å². The van der Waals surface area contributed by atoms with Crippen LogP contribution in [0, 0.1) is 0 Å². The van der Waals surface area contributed by atoms with E-state index in [-0.39, 0.29) is 5.88 Å². The van der Waals surface area contributed by atoms with Crippen molar-refractivity contribution >= 4 is 5.88 Å². The molecule has 5 nitrogen and oxygen atoms in total. The average Bonchev–Trinajstić information content (AvgIpc) is 2.14. The number of rotatable bonds is 1. The predicted octanol–water partition coefficient (Wildman–Crippen LogP) is -0.689. The number of anilines is 1. The standard InChI is InChI=1S/C3H6N4O/c1-5-7-2-3(4)8-6-7/h2H,4H2,1H3. The van der Waals surface area contributed by atoms with Gasteiger partial charge in [-0.1, -0.05) is 4.79 Å². The summed E-state index contributed by atoms with van der Waals surface area (Å²) in [6, 6.07) is 0. The Morgan fingerprint density at radius 3 is 3.00 bits per heavy atom. The Labute approximate surface area is 46.0 Å². The zero-order chi connectivity index (χ0) is 5.98. The Morgan fingerprint density at radius 1 is 2.00 bits per heavy atom. The maximum Gasteiger partial charge on any atom is 0.265 e. The number of hydrogen-bond acceptors (Lipinski definition) is 3. The van der Waals surface area contributed by atoms with Crippen LogP contribution in [0.15, 0.2) is 10.7 Å². The molecule has 0 aliphatic heterocycles. The molecular formula is C3H6N4O. The minimum Gasteiger partial charge on any atom is -0.382 e. The van der Waals surface area contributed by atoms with E-state index < -0.39 is 0 Å². The molecule has 5 heteroatoms. The first-order valence-corrected chi connectivity index (χ1v) is 2.07. The topological polar surface area (TPSA) is 70.0 Å². The molecule has 1 aromatic rings. The summed E-state index contributed by atoms with van der Waals surface area (Å²) in [5.74, 6) is 0.260. The van der Waals surface area contributed by atoms with Crippen LogP contribution in [0.5, 0.6) is 0 Å². The van der Waals surface area contributed by atoms with Gasteiger partial charge in [0.15, 0.2) is 0 Å². The molecule has 0 saturated heterocycles. The van der Waals surface area contributed by atoms with E-state index in [1.165, 1.54) is 11.0 Å². The fourth-order valence-corrected chi connectivity index (χ4v) is 0.344. The Kier molecular flexibility index (Phi) is 1.03. The lowest BCUT2D eigenvalue weighted by molar-refractivity contribution is -0.695. The van der Waals surface area contributed by atoms with Crippen molar-refractivity contribution in [3.63, 3.8) is 0 Å². The molecule has 0 radical (unpaired) electrons. The second-order valence-electron chi connectivity index (χ2n) is 1.22. The lowest BCUT2D eigenvalue weighted by Crippen LogP contribution is -2.28. The molecule has 1 rings (SSSR count). The first-order chi connectivity index (χ1) is 3.83. The Morgan fingerprint density at radius 2 is 2.75 bits per heavy atom. The number of nitrogen functional groups attached to an aromatic ring is 1. The van der Waals surface area contributed by atoms with Gasteiger partial charge in [0.1, 0.15) is 0 Å². The number of aromatic nitrogens is 2. The molecular weight excluding hydrogens is 108 g/mol. The molecule has 0 aliphatic rings. The van der Waals surface area contributed by atoms with Crippen molar-refractivity contribution in [1.29, 1.82) is 0 Å². The van der Waals surface area contributed by atoms with E-state index in [0.29, 0.717) is 0 Å². The molecule has 1 aromatic heterocycles. The van der Waals surface area contributed by atoms with E-state index in [4.69, 9.17) is 5.73 Å². The molecule has 0 atom stereocenters.